The lowest BCUT2D eigenvalue weighted by Gasteiger charge is -2.27. The number of alkyl halides is 2. The van der Waals surface area contributed by atoms with Gasteiger partial charge in [-0.25, -0.2) is 13.6 Å². The first-order chi connectivity index (χ1) is 4.73. The van der Waals surface area contributed by atoms with Gasteiger partial charge in [-0.3, -0.25) is 0 Å². The van der Waals surface area contributed by atoms with Crippen LogP contribution in [-0.4, -0.2) is 24.5 Å². The van der Waals surface area contributed by atoms with Gasteiger partial charge in [0.15, 0.2) is 5.54 Å². The van der Waals surface area contributed by atoms with Gasteiger partial charge in [0.1, 0.15) is 0 Å². The van der Waals surface area contributed by atoms with Crippen LogP contribution < -0.4 is 5.73 Å². The summed E-state index contributed by atoms with van der Waals surface area (Å²) in [5, 5.41) is 0. The van der Waals surface area contributed by atoms with Crippen molar-refractivity contribution < 1.29 is 18.3 Å². The Bertz CT molecular complexity index is 162. The third kappa shape index (κ3) is 1.86. The van der Waals surface area contributed by atoms with E-state index in [4.69, 9.17) is 5.73 Å². The SMILES string of the molecule is COC(=O)C(C)(N)C(C)(F)F. The van der Waals surface area contributed by atoms with Crippen molar-refractivity contribution in [3.8, 4) is 0 Å². The lowest BCUT2D eigenvalue weighted by Crippen LogP contribution is -2.58. The zero-order valence-electron chi connectivity index (χ0n) is 6.65. The lowest BCUT2D eigenvalue weighted by molar-refractivity contribution is -0.160. The predicted octanol–water partition coefficient (Wildman–Crippen LogP) is 0.532. The fourth-order valence-corrected chi connectivity index (χ4v) is 0.391. The molecular weight excluding hydrogens is 156 g/mol. The van der Waals surface area contributed by atoms with E-state index in [0.29, 0.717) is 6.92 Å². The average Bonchev–Trinajstić information content (AvgIpc) is 1.83. The van der Waals surface area contributed by atoms with E-state index in [1.54, 1.807) is 0 Å². The summed E-state index contributed by atoms with van der Waals surface area (Å²) in [5.41, 5.74) is 2.78. The molecule has 0 rings (SSSR count). The molecule has 0 spiro atoms. The normalized spacial score (nSPS) is 17.3. The molecule has 1 unspecified atom stereocenters. The van der Waals surface area contributed by atoms with E-state index in [-0.39, 0.29) is 0 Å². The highest BCUT2D eigenvalue weighted by atomic mass is 19.3. The van der Waals surface area contributed by atoms with Crippen LogP contribution in [0.2, 0.25) is 0 Å². The maximum Gasteiger partial charge on any atom is 0.331 e. The quantitative estimate of drug-likeness (QED) is 0.610. The molecule has 0 aromatic rings. The fraction of sp³-hybridized carbons (Fsp3) is 0.833. The summed E-state index contributed by atoms with van der Waals surface area (Å²) in [5.74, 6) is -4.40. The van der Waals surface area contributed by atoms with Gasteiger partial charge in [0.2, 0.25) is 0 Å². The van der Waals surface area contributed by atoms with Crippen LogP contribution in [0.4, 0.5) is 8.78 Å². The summed E-state index contributed by atoms with van der Waals surface area (Å²) in [6, 6.07) is 0. The summed E-state index contributed by atoms with van der Waals surface area (Å²) in [6.07, 6.45) is 0. The average molecular weight is 167 g/mol. The van der Waals surface area contributed by atoms with Crippen molar-refractivity contribution in [2.75, 3.05) is 7.11 Å². The van der Waals surface area contributed by atoms with Crippen LogP contribution in [-0.2, 0) is 9.53 Å². The zero-order chi connectivity index (χ0) is 9.28. The van der Waals surface area contributed by atoms with Crippen LogP contribution in [0.3, 0.4) is 0 Å². The minimum absolute atomic E-state index is 0.573. The Morgan fingerprint density at radius 1 is 1.45 bits per heavy atom. The summed E-state index contributed by atoms with van der Waals surface area (Å²) >= 11 is 0. The number of halogens is 2. The number of rotatable bonds is 2. The Hall–Kier alpha value is -0.710. The van der Waals surface area contributed by atoms with Gasteiger partial charge in [-0.05, 0) is 6.92 Å². The van der Waals surface area contributed by atoms with Gasteiger partial charge in [-0.2, -0.15) is 0 Å². The number of esters is 1. The van der Waals surface area contributed by atoms with Gasteiger partial charge in [-0.15, -0.1) is 0 Å². The van der Waals surface area contributed by atoms with Crippen molar-refractivity contribution in [2.45, 2.75) is 25.3 Å². The van der Waals surface area contributed by atoms with Crippen LogP contribution >= 0.6 is 0 Å². The molecule has 5 heteroatoms. The Morgan fingerprint density at radius 2 is 1.82 bits per heavy atom. The molecule has 0 aliphatic carbocycles. The molecule has 2 N–H and O–H groups in total. The first kappa shape index (κ1) is 10.3. The minimum atomic E-state index is -3.28. The minimum Gasteiger partial charge on any atom is -0.467 e. The molecule has 0 aromatic carbocycles. The number of methoxy groups -OCH3 is 1. The zero-order valence-corrected chi connectivity index (χ0v) is 6.65. The maximum atomic E-state index is 12.5. The molecule has 0 saturated heterocycles. The number of ether oxygens (including phenoxy) is 1. The molecule has 0 aromatic heterocycles. The summed E-state index contributed by atoms with van der Waals surface area (Å²) < 4.78 is 29.1. The van der Waals surface area contributed by atoms with E-state index < -0.39 is 17.4 Å². The fourth-order valence-electron chi connectivity index (χ4n) is 0.391. The molecule has 66 valence electrons. The number of hydrogen-bond donors (Lipinski definition) is 1. The molecule has 3 nitrogen and oxygen atoms in total. The van der Waals surface area contributed by atoms with E-state index in [9.17, 15) is 13.6 Å². The van der Waals surface area contributed by atoms with Crippen LogP contribution in [0.5, 0.6) is 0 Å². The van der Waals surface area contributed by atoms with E-state index >= 15 is 0 Å². The van der Waals surface area contributed by atoms with Gasteiger partial charge < -0.3 is 10.5 Å². The third-order valence-electron chi connectivity index (χ3n) is 1.52. The summed E-state index contributed by atoms with van der Waals surface area (Å²) in [6.45, 7) is 1.50. The van der Waals surface area contributed by atoms with Crippen LogP contribution in [0.15, 0.2) is 0 Å². The largest absolute Gasteiger partial charge is 0.467 e. The third-order valence-corrected chi connectivity index (χ3v) is 1.52. The number of carbonyl (C=O) groups is 1. The predicted molar refractivity (Wildman–Crippen MR) is 35.2 cm³/mol. The molecule has 0 bridgehead atoms. The number of nitrogens with two attached hydrogens (primary N) is 1. The molecule has 0 radical (unpaired) electrons. The molecule has 11 heavy (non-hydrogen) atoms. The molecule has 0 heterocycles. The van der Waals surface area contributed by atoms with Gasteiger partial charge in [0, 0.05) is 6.92 Å². The molecular formula is C6H11F2NO2. The summed E-state index contributed by atoms with van der Waals surface area (Å²) in [4.78, 5) is 10.7. The molecule has 0 amide bonds. The second-order valence-electron chi connectivity index (χ2n) is 2.58. The Kier molecular flexibility index (Phi) is 2.55. The number of carbonyl (C=O) groups excluding carboxylic acids is 1. The van der Waals surface area contributed by atoms with E-state index in [1.807, 2.05) is 0 Å². The van der Waals surface area contributed by atoms with E-state index in [2.05, 4.69) is 4.74 Å². The Balaban J connectivity index is 4.59. The Morgan fingerprint density at radius 3 is 1.91 bits per heavy atom. The van der Waals surface area contributed by atoms with Crippen LogP contribution in [0.1, 0.15) is 13.8 Å². The van der Waals surface area contributed by atoms with E-state index in [1.165, 1.54) is 0 Å². The highest BCUT2D eigenvalue weighted by molar-refractivity contribution is 5.81. The smallest absolute Gasteiger partial charge is 0.331 e. The first-order valence-corrected chi connectivity index (χ1v) is 2.98. The number of hydrogen-bond acceptors (Lipinski definition) is 3. The summed E-state index contributed by atoms with van der Waals surface area (Å²) in [7, 11) is 1.01. The van der Waals surface area contributed by atoms with Gasteiger partial charge >= 0.3 is 5.97 Å². The van der Waals surface area contributed by atoms with Crippen molar-refractivity contribution in [3.63, 3.8) is 0 Å². The van der Waals surface area contributed by atoms with Gasteiger partial charge in [-0.1, -0.05) is 0 Å². The monoisotopic (exact) mass is 167 g/mol. The topological polar surface area (TPSA) is 52.3 Å². The van der Waals surface area contributed by atoms with Crippen molar-refractivity contribution in [3.05, 3.63) is 0 Å². The highest BCUT2D eigenvalue weighted by Crippen LogP contribution is 2.26. The van der Waals surface area contributed by atoms with Crippen LogP contribution in [0, 0.1) is 0 Å². The van der Waals surface area contributed by atoms with Crippen molar-refractivity contribution in [2.24, 2.45) is 5.73 Å². The van der Waals surface area contributed by atoms with Crippen molar-refractivity contribution in [1.82, 2.24) is 0 Å². The van der Waals surface area contributed by atoms with Crippen molar-refractivity contribution in [1.29, 1.82) is 0 Å². The highest BCUT2D eigenvalue weighted by Gasteiger charge is 2.50. The maximum absolute atomic E-state index is 12.5. The molecule has 0 aliphatic heterocycles. The van der Waals surface area contributed by atoms with Gasteiger partial charge in [0.25, 0.3) is 5.92 Å². The molecule has 0 aliphatic rings. The van der Waals surface area contributed by atoms with Crippen LogP contribution in [0.25, 0.3) is 0 Å². The lowest BCUT2D eigenvalue weighted by atomic mass is 9.97. The van der Waals surface area contributed by atoms with Gasteiger partial charge in [0.05, 0.1) is 7.11 Å². The van der Waals surface area contributed by atoms with Crippen molar-refractivity contribution >= 4 is 5.97 Å². The molecule has 1 atom stereocenters. The standard InChI is InChI=1S/C6H11F2NO2/c1-5(9,4(10)11-3)6(2,7)8/h9H2,1-3H3. The second kappa shape index (κ2) is 2.73. The second-order valence-corrected chi connectivity index (χ2v) is 2.58. The van der Waals surface area contributed by atoms with E-state index in [0.717, 1.165) is 14.0 Å². The first-order valence-electron chi connectivity index (χ1n) is 2.98. The Labute approximate surface area is 63.5 Å². The molecule has 0 fully saturated rings. The molecule has 0 saturated carbocycles.